The minimum absolute atomic E-state index is 0.801. The van der Waals surface area contributed by atoms with Gasteiger partial charge in [0, 0.05) is 18.7 Å². The van der Waals surface area contributed by atoms with Gasteiger partial charge in [0.2, 0.25) is 0 Å². The van der Waals surface area contributed by atoms with Crippen LogP contribution in [-0.4, -0.2) is 6.61 Å². The number of nitrogens with one attached hydrogen (secondary N) is 1. The Morgan fingerprint density at radius 1 is 0.793 bits per heavy atom. The van der Waals surface area contributed by atoms with Crippen LogP contribution in [-0.2, 0) is 13.1 Å². The number of unbranched alkanes of at least 4 members (excludes halogenated alkanes) is 5. The van der Waals surface area contributed by atoms with E-state index in [1.165, 1.54) is 59.6 Å². The van der Waals surface area contributed by atoms with Crippen LogP contribution in [0.1, 0.15) is 62.1 Å². The molecule has 1 N–H and O–H groups in total. The summed E-state index contributed by atoms with van der Waals surface area (Å²) in [5.41, 5.74) is 3.89. The zero-order valence-electron chi connectivity index (χ0n) is 18.0. The van der Waals surface area contributed by atoms with Gasteiger partial charge in [0.1, 0.15) is 5.75 Å². The quantitative estimate of drug-likeness (QED) is 0.331. The molecule has 3 aromatic rings. The standard InChI is InChI=1S/C27H35NO/c1-3-4-5-6-7-10-18-29-27-17-16-24-14-8-9-15-25(24)26(27)21-28-20-23-13-11-12-22(2)19-23/h8-9,11-17,19,28H,3-7,10,18,20-21H2,1-2H3. The lowest BCUT2D eigenvalue weighted by Crippen LogP contribution is -2.14. The molecule has 29 heavy (non-hydrogen) atoms. The van der Waals surface area contributed by atoms with Crippen LogP contribution in [0.15, 0.2) is 60.7 Å². The number of rotatable bonds is 12. The van der Waals surface area contributed by atoms with Crippen molar-refractivity contribution >= 4 is 10.8 Å². The Hall–Kier alpha value is -2.32. The van der Waals surface area contributed by atoms with Crippen molar-refractivity contribution in [2.45, 2.75) is 65.5 Å². The van der Waals surface area contributed by atoms with Gasteiger partial charge in [0.15, 0.2) is 0 Å². The highest BCUT2D eigenvalue weighted by molar-refractivity contribution is 5.87. The molecular formula is C27H35NO. The topological polar surface area (TPSA) is 21.3 Å². The number of benzene rings is 3. The summed E-state index contributed by atoms with van der Waals surface area (Å²) in [5, 5.41) is 6.17. The second-order valence-corrected chi connectivity index (χ2v) is 7.97. The maximum absolute atomic E-state index is 6.23. The molecule has 0 saturated carbocycles. The molecule has 3 aromatic carbocycles. The van der Waals surface area contributed by atoms with Crippen molar-refractivity contribution in [3.63, 3.8) is 0 Å². The molecule has 3 rings (SSSR count). The van der Waals surface area contributed by atoms with Crippen molar-refractivity contribution in [1.82, 2.24) is 5.32 Å². The first-order chi connectivity index (χ1) is 14.3. The predicted octanol–water partition coefficient (Wildman–Crippen LogP) is 7.18. The first-order valence-corrected chi connectivity index (χ1v) is 11.2. The molecule has 0 spiro atoms. The minimum Gasteiger partial charge on any atom is -0.493 e. The van der Waals surface area contributed by atoms with Crippen molar-refractivity contribution in [3.05, 3.63) is 77.4 Å². The van der Waals surface area contributed by atoms with Gasteiger partial charge in [0.05, 0.1) is 6.61 Å². The van der Waals surface area contributed by atoms with E-state index in [1.54, 1.807) is 0 Å². The normalized spacial score (nSPS) is 11.1. The Morgan fingerprint density at radius 3 is 2.48 bits per heavy atom. The van der Waals surface area contributed by atoms with Gasteiger partial charge in [-0.2, -0.15) is 0 Å². The summed E-state index contributed by atoms with van der Waals surface area (Å²) in [7, 11) is 0. The highest BCUT2D eigenvalue weighted by Gasteiger charge is 2.09. The second-order valence-electron chi connectivity index (χ2n) is 7.97. The van der Waals surface area contributed by atoms with Crippen molar-refractivity contribution in [2.24, 2.45) is 0 Å². The third kappa shape index (κ3) is 6.61. The van der Waals surface area contributed by atoms with Gasteiger partial charge < -0.3 is 10.1 Å². The largest absolute Gasteiger partial charge is 0.493 e. The van der Waals surface area contributed by atoms with Gasteiger partial charge in [0.25, 0.3) is 0 Å². The minimum atomic E-state index is 0.801. The lowest BCUT2D eigenvalue weighted by atomic mass is 10.0. The molecule has 0 aliphatic rings. The molecule has 0 aliphatic heterocycles. The number of ether oxygens (including phenoxy) is 1. The van der Waals surface area contributed by atoms with E-state index in [-0.39, 0.29) is 0 Å². The number of fused-ring (bicyclic) bond motifs is 1. The predicted molar refractivity (Wildman–Crippen MR) is 125 cm³/mol. The molecule has 0 aliphatic carbocycles. The van der Waals surface area contributed by atoms with Crippen LogP contribution in [0.4, 0.5) is 0 Å². The van der Waals surface area contributed by atoms with Gasteiger partial charge in [-0.3, -0.25) is 0 Å². The highest BCUT2D eigenvalue weighted by atomic mass is 16.5. The third-order valence-corrected chi connectivity index (χ3v) is 5.47. The number of hydrogen-bond acceptors (Lipinski definition) is 2. The summed E-state index contributed by atoms with van der Waals surface area (Å²) >= 11 is 0. The summed E-state index contributed by atoms with van der Waals surface area (Å²) in [6.45, 7) is 6.87. The average molecular weight is 390 g/mol. The Morgan fingerprint density at radius 2 is 1.62 bits per heavy atom. The first kappa shape index (κ1) is 21.4. The molecule has 0 heterocycles. The molecule has 0 amide bonds. The lowest BCUT2D eigenvalue weighted by molar-refractivity contribution is 0.301. The van der Waals surface area contributed by atoms with Crippen molar-refractivity contribution in [2.75, 3.05) is 6.61 Å². The maximum atomic E-state index is 6.23. The number of aryl methyl sites for hydroxylation is 1. The smallest absolute Gasteiger partial charge is 0.124 e. The van der Waals surface area contributed by atoms with E-state index in [2.05, 4.69) is 79.8 Å². The zero-order valence-corrected chi connectivity index (χ0v) is 18.0. The highest BCUT2D eigenvalue weighted by Crippen LogP contribution is 2.28. The fourth-order valence-electron chi connectivity index (χ4n) is 3.85. The average Bonchev–Trinajstić information content (AvgIpc) is 2.74. The van der Waals surface area contributed by atoms with Gasteiger partial charge >= 0.3 is 0 Å². The first-order valence-electron chi connectivity index (χ1n) is 11.2. The second kappa shape index (κ2) is 11.6. The van der Waals surface area contributed by atoms with Gasteiger partial charge in [-0.1, -0.05) is 99.2 Å². The summed E-state index contributed by atoms with van der Waals surface area (Å²) in [5.74, 6) is 1.02. The molecule has 2 heteroatoms. The summed E-state index contributed by atoms with van der Waals surface area (Å²) in [6, 6.07) is 21.6. The van der Waals surface area contributed by atoms with E-state index < -0.39 is 0 Å². The van der Waals surface area contributed by atoms with E-state index in [4.69, 9.17) is 4.74 Å². The van der Waals surface area contributed by atoms with Crippen molar-refractivity contribution < 1.29 is 4.74 Å². The van der Waals surface area contributed by atoms with E-state index in [1.807, 2.05) is 0 Å². The molecule has 0 aromatic heterocycles. The molecule has 154 valence electrons. The molecular weight excluding hydrogens is 354 g/mol. The Labute approximate surface area is 176 Å². The lowest BCUT2D eigenvalue weighted by Gasteiger charge is -2.15. The van der Waals surface area contributed by atoms with Gasteiger partial charge in [-0.15, -0.1) is 0 Å². The third-order valence-electron chi connectivity index (χ3n) is 5.47. The van der Waals surface area contributed by atoms with E-state index >= 15 is 0 Å². The fourth-order valence-corrected chi connectivity index (χ4v) is 3.85. The van der Waals surface area contributed by atoms with Crippen LogP contribution in [0, 0.1) is 6.92 Å². The Bertz CT molecular complexity index is 887. The molecule has 2 nitrogen and oxygen atoms in total. The van der Waals surface area contributed by atoms with Crippen molar-refractivity contribution in [1.29, 1.82) is 0 Å². The molecule has 0 atom stereocenters. The van der Waals surface area contributed by atoms with Crippen LogP contribution >= 0.6 is 0 Å². The van der Waals surface area contributed by atoms with Crippen LogP contribution in [0.25, 0.3) is 10.8 Å². The van der Waals surface area contributed by atoms with E-state index in [9.17, 15) is 0 Å². The molecule has 0 fully saturated rings. The molecule has 0 unspecified atom stereocenters. The molecule has 0 bridgehead atoms. The SMILES string of the molecule is CCCCCCCCOc1ccc2ccccc2c1CNCc1cccc(C)c1. The van der Waals surface area contributed by atoms with Gasteiger partial charge in [-0.25, -0.2) is 0 Å². The Balaban J connectivity index is 1.62. The van der Waals surface area contributed by atoms with Crippen LogP contribution < -0.4 is 10.1 Å². The van der Waals surface area contributed by atoms with Crippen LogP contribution in [0.2, 0.25) is 0 Å². The molecule has 0 radical (unpaired) electrons. The zero-order chi connectivity index (χ0) is 20.3. The molecule has 0 saturated heterocycles. The summed E-state index contributed by atoms with van der Waals surface area (Å²) < 4.78 is 6.23. The maximum Gasteiger partial charge on any atom is 0.124 e. The summed E-state index contributed by atoms with van der Waals surface area (Å²) in [6.07, 6.45) is 7.70. The van der Waals surface area contributed by atoms with Crippen molar-refractivity contribution in [3.8, 4) is 5.75 Å². The van der Waals surface area contributed by atoms with Crippen LogP contribution in [0.5, 0.6) is 5.75 Å². The van der Waals surface area contributed by atoms with E-state index in [0.717, 1.165) is 31.9 Å². The Kier molecular flexibility index (Phi) is 8.58. The number of hydrogen-bond donors (Lipinski definition) is 1. The van der Waals surface area contributed by atoms with Crippen LogP contribution in [0.3, 0.4) is 0 Å². The summed E-state index contributed by atoms with van der Waals surface area (Å²) in [4.78, 5) is 0. The van der Waals surface area contributed by atoms with Gasteiger partial charge in [-0.05, 0) is 35.7 Å². The van der Waals surface area contributed by atoms with E-state index in [0.29, 0.717) is 0 Å². The monoisotopic (exact) mass is 389 g/mol. The fraction of sp³-hybridized carbons (Fsp3) is 0.407.